The fraction of sp³-hybridized carbons (Fsp3) is 0.158. The molecule has 24 heavy (non-hydrogen) atoms. The van der Waals surface area contributed by atoms with Crippen LogP contribution in [0.4, 0.5) is 11.4 Å². The van der Waals surface area contributed by atoms with Crippen molar-refractivity contribution >= 4 is 43.7 Å². The second kappa shape index (κ2) is 5.18. The minimum atomic E-state index is 0.146. The Balaban J connectivity index is 1.65. The molecule has 3 heterocycles. The van der Waals surface area contributed by atoms with E-state index in [1.807, 2.05) is 12.3 Å². The summed E-state index contributed by atoms with van der Waals surface area (Å²) in [5.74, 6) is 0.893. The molecule has 1 aliphatic rings. The number of thiophene rings is 1. The van der Waals surface area contributed by atoms with Crippen LogP contribution in [0, 0.1) is 0 Å². The van der Waals surface area contributed by atoms with Gasteiger partial charge in [0, 0.05) is 28.0 Å². The minimum Gasteiger partial charge on any atom is -0.506 e. The number of hydrogen-bond acceptors (Lipinski definition) is 5. The highest BCUT2D eigenvalue weighted by molar-refractivity contribution is 7.17. The van der Waals surface area contributed by atoms with Gasteiger partial charge in [-0.2, -0.15) is 0 Å². The van der Waals surface area contributed by atoms with Gasteiger partial charge in [0.2, 0.25) is 0 Å². The molecule has 0 saturated heterocycles. The third kappa shape index (κ3) is 2.29. The van der Waals surface area contributed by atoms with Crippen LogP contribution in [0.15, 0.2) is 48.2 Å². The zero-order valence-corrected chi connectivity index (χ0v) is 13.7. The lowest BCUT2D eigenvalue weighted by molar-refractivity contribution is 0.473. The molecule has 0 amide bonds. The summed E-state index contributed by atoms with van der Waals surface area (Å²) in [6, 6.07) is 8.04. The first kappa shape index (κ1) is 13.7. The first-order valence-electron chi connectivity index (χ1n) is 7.99. The molecule has 4 aromatic rings. The number of pyridine rings is 2. The molecule has 0 radical (unpaired) electrons. The molecular formula is C19H15N3OS. The Morgan fingerprint density at radius 1 is 1.12 bits per heavy atom. The fourth-order valence-corrected chi connectivity index (χ4v) is 4.22. The van der Waals surface area contributed by atoms with Crippen LogP contribution in [0.3, 0.4) is 0 Å². The first-order chi connectivity index (χ1) is 11.8. The molecule has 5 heteroatoms. The molecule has 1 saturated carbocycles. The zero-order valence-electron chi connectivity index (χ0n) is 12.9. The molecule has 3 aromatic heterocycles. The van der Waals surface area contributed by atoms with Crippen molar-refractivity contribution < 1.29 is 5.11 Å². The molecule has 0 spiro atoms. The normalized spacial score (nSPS) is 14.3. The molecule has 118 valence electrons. The van der Waals surface area contributed by atoms with Gasteiger partial charge >= 0.3 is 0 Å². The predicted octanol–water partition coefficient (Wildman–Crippen LogP) is 5.17. The second-order valence-corrected chi connectivity index (χ2v) is 7.16. The molecule has 1 aromatic carbocycles. The maximum absolute atomic E-state index is 9.59. The molecule has 0 atom stereocenters. The van der Waals surface area contributed by atoms with Gasteiger partial charge in [0.1, 0.15) is 5.75 Å². The number of aromatic hydroxyl groups is 1. The Morgan fingerprint density at radius 2 is 2.04 bits per heavy atom. The van der Waals surface area contributed by atoms with E-state index in [1.54, 1.807) is 23.6 Å². The van der Waals surface area contributed by atoms with Crippen LogP contribution in [-0.4, -0.2) is 15.1 Å². The molecule has 2 N–H and O–H groups in total. The molecule has 0 unspecified atom stereocenters. The third-order valence-corrected chi connectivity index (χ3v) is 5.45. The molecule has 4 nitrogen and oxygen atoms in total. The average molecular weight is 333 g/mol. The van der Waals surface area contributed by atoms with E-state index < -0.39 is 0 Å². The number of hydrogen-bond donors (Lipinski definition) is 2. The summed E-state index contributed by atoms with van der Waals surface area (Å²) in [6.07, 6.45) is 7.55. The van der Waals surface area contributed by atoms with Gasteiger partial charge in [-0.25, -0.2) is 0 Å². The molecule has 1 aliphatic carbocycles. The van der Waals surface area contributed by atoms with Crippen LogP contribution >= 0.6 is 11.3 Å². The van der Waals surface area contributed by atoms with Gasteiger partial charge in [0.25, 0.3) is 0 Å². The van der Waals surface area contributed by atoms with Crippen LogP contribution in [0.25, 0.3) is 21.0 Å². The molecule has 1 fully saturated rings. The maximum atomic E-state index is 9.59. The van der Waals surface area contributed by atoms with Crippen molar-refractivity contribution in [1.82, 2.24) is 9.97 Å². The highest BCUT2D eigenvalue weighted by Crippen LogP contribution is 2.46. The lowest BCUT2D eigenvalue weighted by Crippen LogP contribution is -1.93. The Bertz CT molecular complexity index is 1070. The zero-order chi connectivity index (χ0) is 16.1. The highest BCUT2D eigenvalue weighted by Gasteiger charge is 2.26. The van der Waals surface area contributed by atoms with Crippen molar-refractivity contribution in [3.63, 3.8) is 0 Å². The number of benzene rings is 1. The number of aromatic nitrogens is 2. The number of nitrogens with zero attached hydrogens (tertiary/aromatic N) is 2. The van der Waals surface area contributed by atoms with Crippen molar-refractivity contribution in [2.24, 2.45) is 0 Å². The van der Waals surface area contributed by atoms with Gasteiger partial charge in [-0.05, 0) is 53.3 Å². The van der Waals surface area contributed by atoms with Crippen LogP contribution in [-0.2, 0) is 0 Å². The number of anilines is 2. The van der Waals surface area contributed by atoms with Crippen molar-refractivity contribution in [3.05, 3.63) is 53.8 Å². The number of fused-ring (bicyclic) bond motifs is 2. The van der Waals surface area contributed by atoms with E-state index >= 15 is 0 Å². The molecule has 0 aliphatic heterocycles. The maximum Gasteiger partial charge on any atom is 0.135 e. The summed E-state index contributed by atoms with van der Waals surface area (Å²) in [5, 5.41) is 17.7. The first-order valence-corrected chi connectivity index (χ1v) is 8.87. The molecular weight excluding hydrogens is 318 g/mol. The SMILES string of the molecule is Oc1cncc(Nc2ccnc3cc4c(C5CC5)csc4cc23)c1. The summed E-state index contributed by atoms with van der Waals surface area (Å²) in [4.78, 5) is 8.57. The topological polar surface area (TPSA) is 58.0 Å². The van der Waals surface area contributed by atoms with Gasteiger partial charge in [0.15, 0.2) is 0 Å². The number of rotatable bonds is 3. The van der Waals surface area contributed by atoms with E-state index in [9.17, 15) is 5.11 Å². The quantitative estimate of drug-likeness (QED) is 0.543. The van der Waals surface area contributed by atoms with Crippen LogP contribution < -0.4 is 5.32 Å². The van der Waals surface area contributed by atoms with E-state index in [0.717, 1.165) is 28.2 Å². The van der Waals surface area contributed by atoms with Crippen molar-refractivity contribution in [2.45, 2.75) is 18.8 Å². The van der Waals surface area contributed by atoms with E-state index in [0.29, 0.717) is 0 Å². The Labute approximate surface area is 142 Å². The standard InChI is InChI=1S/C19H15N3OS/c23-13-5-12(8-20-9-13)22-17-3-4-21-18-6-14-16(11-1-2-11)10-24-19(14)7-15(17)18/h3-11,23H,1-2H2,(H,21,22). The lowest BCUT2D eigenvalue weighted by atomic mass is 10.1. The van der Waals surface area contributed by atoms with Gasteiger partial charge in [-0.1, -0.05) is 0 Å². The smallest absolute Gasteiger partial charge is 0.135 e. The largest absolute Gasteiger partial charge is 0.506 e. The van der Waals surface area contributed by atoms with Crippen molar-refractivity contribution in [2.75, 3.05) is 5.32 Å². The Morgan fingerprint density at radius 3 is 2.88 bits per heavy atom. The van der Waals surface area contributed by atoms with Gasteiger partial charge < -0.3 is 10.4 Å². The fourth-order valence-electron chi connectivity index (χ4n) is 3.16. The van der Waals surface area contributed by atoms with E-state index in [-0.39, 0.29) is 5.75 Å². The third-order valence-electron chi connectivity index (χ3n) is 4.49. The molecule has 0 bridgehead atoms. The van der Waals surface area contributed by atoms with Crippen LogP contribution in [0.5, 0.6) is 5.75 Å². The average Bonchev–Trinajstić information content (AvgIpc) is 3.34. The summed E-state index contributed by atoms with van der Waals surface area (Å²) < 4.78 is 1.30. The summed E-state index contributed by atoms with van der Waals surface area (Å²) >= 11 is 1.81. The van der Waals surface area contributed by atoms with E-state index in [1.165, 1.54) is 34.7 Å². The van der Waals surface area contributed by atoms with Crippen LogP contribution in [0.2, 0.25) is 0 Å². The van der Waals surface area contributed by atoms with E-state index in [2.05, 4.69) is 32.8 Å². The minimum absolute atomic E-state index is 0.146. The summed E-state index contributed by atoms with van der Waals surface area (Å²) in [7, 11) is 0. The number of nitrogens with one attached hydrogen (secondary N) is 1. The van der Waals surface area contributed by atoms with E-state index in [4.69, 9.17) is 0 Å². The lowest BCUT2D eigenvalue weighted by Gasteiger charge is -2.10. The summed E-state index contributed by atoms with van der Waals surface area (Å²) in [6.45, 7) is 0. The Kier molecular flexibility index (Phi) is 2.97. The Hall–Kier alpha value is -2.66. The van der Waals surface area contributed by atoms with Gasteiger partial charge in [-0.15, -0.1) is 11.3 Å². The van der Waals surface area contributed by atoms with Crippen LogP contribution in [0.1, 0.15) is 24.3 Å². The van der Waals surface area contributed by atoms with Gasteiger partial charge in [0.05, 0.1) is 23.6 Å². The van der Waals surface area contributed by atoms with Gasteiger partial charge in [-0.3, -0.25) is 9.97 Å². The second-order valence-electron chi connectivity index (χ2n) is 6.25. The van der Waals surface area contributed by atoms with Crippen molar-refractivity contribution in [1.29, 1.82) is 0 Å². The highest BCUT2D eigenvalue weighted by atomic mass is 32.1. The monoisotopic (exact) mass is 333 g/mol. The summed E-state index contributed by atoms with van der Waals surface area (Å²) in [5.41, 5.74) is 4.19. The predicted molar refractivity (Wildman–Crippen MR) is 98.3 cm³/mol. The molecule has 5 rings (SSSR count). The van der Waals surface area contributed by atoms with Crippen molar-refractivity contribution in [3.8, 4) is 5.75 Å².